The van der Waals surface area contributed by atoms with Gasteiger partial charge in [0.1, 0.15) is 6.04 Å². The zero-order chi connectivity index (χ0) is 26.1. The largest absolute Gasteiger partial charge is 0.481 e. The second-order valence-electron chi connectivity index (χ2n) is 8.00. The van der Waals surface area contributed by atoms with Crippen LogP contribution in [0.25, 0.3) is 0 Å². The molecule has 1 fully saturated rings. The third-order valence-electron chi connectivity index (χ3n) is 5.33. The fraction of sp³-hybridized carbons (Fsp3) is 0.810. The first-order chi connectivity index (χ1) is 16.7. The Morgan fingerprint density at radius 1 is 0.600 bits per heavy atom. The predicted molar refractivity (Wildman–Crippen MR) is 120 cm³/mol. The van der Waals surface area contributed by atoms with E-state index in [1.54, 1.807) is 14.7 Å². The summed E-state index contributed by atoms with van der Waals surface area (Å²) in [6, 6.07) is -1.03. The fourth-order valence-electron chi connectivity index (χ4n) is 3.51. The molecule has 0 aromatic rings. The summed E-state index contributed by atoms with van der Waals surface area (Å²) in [5, 5.41) is 36.8. The second-order valence-corrected chi connectivity index (χ2v) is 8.00. The Bertz CT molecular complexity index is 628. The average molecular weight is 508 g/mol. The Kier molecular flexibility index (Phi) is 15.8. The van der Waals surface area contributed by atoms with Crippen LogP contribution in [0.2, 0.25) is 0 Å². The minimum Gasteiger partial charge on any atom is -0.481 e. The zero-order valence-electron chi connectivity index (χ0n) is 19.9. The minimum absolute atomic E-state index is 0.0799. The van der Waals surface area contributed by atoms with Gasteiger partial charge in [-0.3, -0.25) is 33.9 Å². The maximum absolute atomic E-state index is 11.8. The molecule has 1 rings (SSSR count). The average Bonchev–Trinajstić information content (AvgIpc) is 2.75. The summed E-state index contributed by atoms with van der Waals surface area (Å²) >= 11 is 0. The summed E-state index contributed by atoms with van der Waals surface area (Å²) < 4.78 is 16.7. The maximum Gasteiger partial charge on any atom is 0.320 e. The van der Waals surface area contributed by atoms with Crippen molar-refractivity contribution in [1.29, 1.82) is 0 Å². The molecule has 202 valence electrons. The van der Waals surface area contributed by atoms with Gasteiger partial charge in [0, 0.05) is 45.7 Å². The predicted octanol–water partition coefficient (Wildman–Crippen LogP) is -1.56. The van der Waals surface area contributed by atoms with Crippen molar-refractivity contribution in [2.45, 2.75) is 18.9 Å². The first-order valence-corrected chi connectivity index (χ1v) is 11.5. The van der Waals surface area contributed by atoms with E-state index in [-0.39, 0.29) is 78.7 Å². The Balaban J connectivity index is 2.82. The lowest BCUT2D eigenvalue weighted by atomic mass is 10.1. The van der Waals surface area contributed by atoms with Crippen molar-refractivity contribution in [3.8, 4) is 0 Å². The number of hydrogen-bond acceptors (Lipinski definition) is 10. The number of nitrogens with zero attached hydrogens (tertiary/aromatic N) is 3. The van der Waals surface area contributed by atoms with Gasteiger partial charge < -0.3 is 34.6 Å². The molecule has 0 bridgehead atoms. The van der Waals surface area contributed by atoms with E-state index in [1.165, 1.54) is 0 Å². The van der Waals surface area contributed by atoms with Crippen molar-refractivity contribution in [3.63, 3.8) is 0 Å². The lowest BCUT2D eigenvalue weighted by molar-refractivity contribution is -0.145. The topological polar surface area (TPSA) is 187 Å². The van der Waals surface area contributed by atoms with E-state index in [0.717, 1.165) is 0 Å². The number of ether oxygens (including phenoxy) is 3. The molecule has 0 aromatic heterocycles. The quantitative estimate of drug-likeness (QED) is 0.281. The summed E-state index contributed by atoms with van der Waals surface area (Å²) in [5.74, 6) is -4.22. The molecule has 1 saturated heterocycles. The Morgan fingerprint density at radius 3 is 1.29 bits per heavy atom. The molecule has 1 aliphatic rings. The number of carbonyl (C=O) groups is 4. The van der Waals surface area contributed by atoms with Crippen LogP contribution in [-0.2, 0) is 33.4 Å². The SMILES string of the molecule is O=C(O)CCC(C(=O)O)N1CCOCCN(CC(=O)O)CCOCCN(CC(=O)O)CCOCC1. The third-order valence-corrected chi connectivity index (χ3v) is 5.33. The molecule has 0 aromatic carbocycles. The van der Waals surface area contributed by atoms with E-state index < -0.39 is 29.9 Å². The molecule has 0 saturated carbocycles. The highest BCUT2D eigenvalue weighted by Crippen LogP contribution is 2.09. The monoisotopic (exact) mass is 507 g/mol. The van der Waals surface area contributed by atoms with Gasteiger partial charge in [-0.15, -0.1) is 0 Å². The van der Waals surface area contributed by atoms with E-state index in [9.17, 15) is 24.3 Å². The molecule has 14 heteroatoms. The van der Waals surface area contributed by atoms with E-state index in [0.29, 0.717) is 26.2 Å². The second kappa shape index (κ2) is 18.0. The molecule has 4 N–H and O–H groups in total. The highest BCUT2D eigenvalue weighted by molar-refractivity contribution is 5.75. The van der Waals surface area contributed by atoms with Gasteiger partial charge in [0.2, 0.25) is 0 Å². The van der Waals surface area contributed by atoms with Gasteiger partial charge in [0.25, 0.3) is 0 Å². The Labute approximate surface area is 203 Å². The van der Waals surface area contributed by atoms with Crippen LogP contribution in [0, 0.1) is 0 Å². The number of rotatable bonds is 9. The molecule has 35 heavy (non-hydrogen) atoms. The van der Waals surface area contributed by atoms with Crippen molar-refractivity contribution in [2.75, 3.05) is 92.0 Å². The van der Waals surface area contributed by atoms with Crippen LogP contribution >= 0.6 is 0 Å². The van der Waals surface area contributed by atoms with Crippen LogP contribution in [0.3, 0.4) is 0 Å². The van der Waals surface area contributed by atoms with Gasteiger partial charge in [-0.05, 0) is 6.42 Å². The molecule has 0 radical (unpaired) electrons. The van der Waals surface area contributed by atoms with E-state index in [2.05, 4.69) is 0 Å². The summed E-state index contributed by atoms with van der Waals surface area (Å²) in [6.07, 6.45) is -0.380. The highest BCUT2D eigenvalue weighted by Gasteiger charge is 2.26. The molecule has 0 spiro atoms. The van der Waals surface area contributed by atoms with E-state index >= 15 is 0 Å². The van der Waals surface area contributed by atoms with Crippen molar-refractivity contribution < 1.29 is 53.8 Å². The molecular weight excluding hydrogens is 470 g/mol. The molecular formula is C21H37N3O11. The normalized spacial score (nSPS) is 20.3. The molecule has 1 aliphatic heterocycles. The molecule has 0 aliphatic carbocycles. The molecule has 1 heterocycles. The van der Waals surface area contributed by atoms with Crippen molar-refractivity contribution in [3.05, 3.63) is 0 Å². The zero-order valence-corrected chi connectivity index (χ0v) is 19.9. The maximum atomic E-state index is 11.8. The number of aliphatic carboxylic acids is 4. The summed E-state index contributed by atoms with van der Waals surface area (Å²) in [5.41, 5.74) is 0. The van der Waals surface area contributed by atoms with Crippen LogP contribution in [0.4, 0.5) is 0 Å². The molecule has 0 amide bonds. The molecule has 1 unspecified atom stereocenters. The summed E-state index contributed by atoms with van der Waals surface area (Å²) in [7, 11) is 0. The first-order valence-electron chi connectivity index (χ1n) is 11.5. The van der Waals surface area contributed by atoms with Crippen molar-refractivity contribution >= 4 is 23.9 Å². The first kappa shape index (κ1) is 30.7. The van der Waals surface area contributed by atoms with Crippen LogP contribution in [0.1, 0.15) is 12.8 Å². The van der Waals surface area contributed by atoms with Crippen LogP contribution < -0.4 is 0 Å². The standard InChI is InChI=1S/C21H37N3O11/c25-18(26)2-1-17(21(31)32)24-7-13-34-11-5-22(15-19(27)28)3-9-33-10-4-23(16-20(29)30)6-12-35-14-8-24/h17H,1-16H2,(H,25,26)(H,27,28)(H,29,30)(H,31,32). The van der Waals surface area contributed by atoms with Gasteiger partial charge in [-0.2, -0.15) is 0 Å². The fourth-order valence-corrected chi connectivity index (χ4v) is 3.51. The number of carboxylic acids is 4. The minimum atomic E-state index is -1.14. The Hall–Kier alpha value is -2.36. The highest BCUT2D eigenvalue weighted by atomic mass is 16.5. The molecule has 1 atom stereocenters. The van der Waals surface area contributed by atoms with Gasteiger partial charge >= 0.3 is 23.9 Å². The van der Waals surface area contributed by atoms with Gasteiger partial charge in [0.15, 0.2) is 0 Å². The van der Waals surface area contributed by atoms with Crippen LogP contribution in [-0.4, -0.2) is 157 Å². The Morgan fingerprint density at radius 2 is 0.971 bits per heavy atom. The number of hydrogen-bond donors (Lipinski definition) is 4. The smallest absolute Gasteiger partial charge is 0.320 e. The van der Waals surface area contributed by atoms with Gasteiger partial charge in [-0.1, -0.05) is 0 Å². The van der Waals surface area contributed by atoms with Gasteiger partial charge in [0.05, 0.1) is 52.7 Å². The van der Waals surface area contributed by atoms with Crippen LogP contribution in [0.5, 0.6) is 0 Å². The van der Waals surface area contributed by atoms with Crippen molar-refractivity contribution in [2.24, 2.45) is 0 Å². The lowest BCUT2D eigenvalue weighted by Crippen LogP contribution is -2.45. The molecule has 14 nitrogen and oxygen atoms in total. The third kappa shape index (κ3) is 15.3. The van der Waals surface area contributed by atoms with Gasteiger partial charge in [-0.25, -0.2) is 0 Å². The van der Waals surface area contributed by atoms with Crippen LogP contribution in [0.15, 0.2) is 0 Å². The van der Waals surface area contributed by atoms with Crippen molar-refractivity contribution in [1.82, 2.24) is 14.7 Å². The number of carboxylic acid groups (broad SMARTS) is 4. The summed E-state index contributed by atoms with van der Waals surface area (Å²) in [4.78, 5) is 49.9. The van der Waals surface area contributed by atoms with E-state index in [1.807, 2.05) is 0 Å². The van der Waals surface area contributed by atoms with E-state index in [4.69, 9.17) is 29.5 Å². The summed E-state index contributed by atoms with van der Waals surface area (Å²) in [6.45, 7) is 2.69. The lowest BCUT2D eigenvalue weighted by Gasteiger charge is -2.29.